The van der Waals surface area contributed by atoms with Crippen molar-refractivity contribution in [2.24, 2.45) is 0 Å². The van der Waals surface area contributed by atoms with E-state index in [0.29, 0.717) is 18.2 Å². The van der Waals surface area contributed by atoms with Crippen molar-refractivity contribution in [2.45, 2.75) is 17.3 Å². The van der Waals surface area contributed by atoms with Crippen molar-refractivity contribution in [1.82, 2.24) is 15.5 Å². The molecule has 9 nitrogen and oxygen atoms in total. The Balaban J connectivity index is 1.37. The van der Waals surface area contributed by atoms with Crippen molar-refractivity contribution in [1.29, 1.82) is 0 Å². The molecule has 0 saturated heterocycles. The Hall–Kier alpha value is -3.81. The van der Waals surface area contributed by atoms with Crippen molar-refractivity contribution >= 4 is 26.6 Å². The Kier molecular flexibility index (Phi) is 8.09. The SMILES string of the molecule is COc1n[nH]c2cc(OCCNC[C@H](O)c3cccc(N(C(F)(F)F)S(=O)(=O)c4ccccc4)c3)ccc12. The van der Waals surface area contributed by atoms with Gasteiger partial charge in [-0.1, -0.05) is 30.3 Å². The predicted octanol–water partition coefficient (Wildman–Crippen LogP) is 3.99. The zero-order chi connectivity index (χ0) is 27.3. The van der Waals surface area contributed by atoms with Crippen LogP contribution in [0.2, 0.25) is 0 Å². The predicted molar refractivity (Wildman–Crippen MR) is 135 cm³/mol. The van der Waals surface area contributed by atoms with E-state index in [1.54, 1.807) is 18.2 Å². The number of sulfonamides is 1. The minimum Gasteiger partial charge on any atom is -0.492 e. The van der Waals surface area contributed by atoms with Crippen LogP contribution in [0.15, 0.2) is 77.7 Å². The van der Waals surface area contributed by atoms with E-state index in [2.05, 4.69) is 15.5 Å². The van der Waals surface area contributed by atoms with E-state index >= 15 is 0 Å². The van der Waals surface area contributed by atoms with E-state index in [1.165, 1.54) is 37.4 Å². The molecular formula is C25H25F3N4O5S. The first-order valence-electron chi connectivity index (χ1n) is 11.4. The number of aliphatic hydroxyl groups excluding tert-OH is 1. The molecule has 0 amide bonds. The van der Waals surface area contributed by atoms with Crippen LogP contribution in [-0.2, 0) is 10.0 Å². The van der Waals surface area contributed by atoms with Crippen molar-refractivity contribution in [3.8, 4) is 11.6 Å². The Morgan fingerprint density at radius 2 is 1.84 bits per heavy atom. The highest BCUT2D eigenvalue weighted by atomic mass is 32.2. The summed E-state index contributed by atoms with van der Waals surface area (Å²) in [5.74, 6) is 1.06. The Morgan fingerprint density at radius 3 is 2.55 bits per heavy atom. The fourth-order valence-electron chi connectivity index (χ4n) is 3.79. The molecule has 38 heavy (non-hydrogen) atoms. The minimum atomic E-state index is -5.22. The molecule has 3 N–H and O–H groups in total. The molecule has 13 heteroatoms. The molecule has 0 bridgehead atoms. The van der Waals surface area contributed by atoms with E-state index in [9.17, 15) is 26.7 Å². The van der Waals surface area contributed by atoms with Crippen LogP contribution in [0, 0.1) is 0 Å². The maximum absolute atomic E-state index is 13.9. The van der Waals surface area contributed by atoms with Crippen LogP contribution in [0.25, 0.3) is 10.9 Å². The van der Waals surface area contributed by atoms with Gasteiger partial charge >= 0.3 is 6.30 Å². The van der Waals surface area contributed by atoms with E-state index < -0.39 is 37.3 Å². The molecule has 0 radical (unpaired) electrons. The second kappa shape index (κ2) is 11.3. The van der Waals surface area contributed by atoms with Crippen LogP contribution >= 0.6 is 0 Å². The molecule has 0 aliphatic heterocycles. The van der Waals surface area contributed by atoms with Gasteiger partial charge in [0.2, 0.25) is 5.88 Å². The summed E-state index contributed by atoms with van der Waals surface area (Å²) in [5, 5.41) is 21.2. The van der Waals surface area contributed by atoms with Crippen LogP contribution in [-0.4, -0.2) is 56.8 Å². The van der Waals surface area contributed by atoms with Gasteiger partial charge in [-0.25, -0.2) is 8.42 Å². The van der Waals surface area contributed by atoms with Gasteiger partial charge in [0.15, 0.2) is 0 Å². The number of aliphatic hydroxyl groups is 1. The van der Waals surface area contributed by atoms with Crippen LogP contribution in [0.5, 0.6) is 11.6 Å². The Morgan fingerprint density at radius 1 is 1.08 bits per heavy atom. The van der Waals surface area contributed by atoms with Gasteiger partial charge in [0.25, 0.3) is 10.0 Å². The third-order valence-corrected chi connectivity index (χ3v) is 7.35. The number of hydrogen-bond acceptors (Lipinski definition) is 7. The Labute approximate surface area is 216 Å². The number of H-pyrrole nitrogens is 1. The van der Waals surface area contributed by atoms with Gasteiger partial charge in [0.1, 0.15) is 12.4 Å². The Bertz CT molecular complexity index is 1480. The first kappa shape index (κ1) is 27.2. The number of fused-ring (bicyclic) bond motifs is 1. The molecule has 0 unspecified atom stereocenters. The average molecular weight is 551 g/mol. The summed E-state index contributed by atoms with van der Waals surface area (Å²) in [6.07, 6.45) is -6.42. The number of aromatic amines is 1. The summed E-state index contributed by atoms with van der Waals surface area (Å²) in [4.78, 5) is -0.504. The number of anilines is 1. The van der Waals surface area contributed by atoms with E-state index in [0.717, 1.165) is 35.2 Å². The minimum absolute atomic E-state index is 0.00104. The number of methoxy groups -OCH3 is 1. The normalized spacial score (nSPS) is 12.9. The lowest BCUT2D eigenvalue weighted by atomic mass is 10.1. The highest BCUT2D eigenvalue weighted by molar-refractivity contribution is 7.92. The number of alkyl halides is 3. The first-order valence-corrected chi connectivity index (χ1v) is 12.9. The number of benzene rings is 3. The summed E-state index contributed by atoms with van der Waals surface area (Å²) in [5.41, 5.74) is 0.226. The number of ether oxygens (including phenoxy) is 2. The van der Waals surface area contributed by atoms with Gasteiger partial charge < -0.3 is 19.9 Å². The van der Waals surface area contributed by atoms with E-state index in [4.69, 9.17) is 9.47 Å². The van der Waals surface area contributed by atoms with Crippen LogP contribution in [0.4, 0.5) is 18.9 Å². The van der Waals surface area contributed by atoms with Crippen LogP contribution in [0.1, 0.15) is 11.7 Å². The number of rotatable bonds is 11. The number of nitrogens with zero attached hydrogens (tertiary/aromatic N) is 2. The molecule has 3 aromatic carbocycles. The quantitative estimate of drug-likeness (QED) is 0.191. The fraction of sp³-hybridized carbons (Fsp3) is 0.240. The maximum atomic E-state index is 13.9. The molecule has 1 aromatic heterocycles. The van der Waals surface area contributed by atoms with Gasteiger partial charge in [-0.3, -0.25) is 5.10 Å². The van der Waals surface area contributed by atoms with Gasteiger partial charge in [0, 0.05) is 19.2 Å². The smallest absolute Gasteiger partial charge is 0.492 e. The van der Waals surface area contributed by atoms with E-state index in [1.807, 2.05) is 0 Å². The standard InChI is InChI=1S/C25H25F3N4O5S/c1-36-24-21-11-10-19(15-22(21)30-31-24)37-13-12-29-16-23(33)17-6-5-7-18(14-17)32(25(26,27)28)38(34,35)20-8-3-2-4-9-20/h2-11,14-15,23,29,33H,12-13,16H2,1H3,(H,30,31)/t23-/m0/s1. The number of nitrogens with one attached hydrogen (secondary N) is 2. The molecule has 0 aliphatic rings. The molecule has 0 saturated carbocycles. The fourth-order valence-corrected chi connectivity index (χ4v) is 5.17. The molecule has 0 fully saturated rings. The average Bonchev–Trinajstić information content (AvgIpc) is 3.30. The summed E-state index contributed by atoms with van der Waals surface area (Å²) >= 11 is 0. The molecule has 1 heterocycles. The second-order valence-corrected chi connectivity index (χ2v) is 9.94. The lowest BCUT2D eigenvalue weighted by Crippen LogP contribution is -2.43. The highest BCUT2D eigenvalue weighted by Crippen LogP contribution is 2.35. The third kappa shape index (κ3) is 6.01. The molecule has 202 valence electrons. The summed E-state index contributed by atoms with van der Waals surface area (Å²) in [7, 11) is -3.41. The molecule has 1 atom stereocenters. The maximum Gasteiger partial charge on any atom is 0.498 e. The van der Waals surface area contributed by atoms with Crippen molar-refractivity contribution in [2.75, 3.05) is 31.1 Å². The molecular weight excluding hydrogens is 525 g/mol. The van der Waals surface area contributed by atoms with Gasteiger partial charge in [-0.2, -0.15) is 4.31 Å². The van der Waals surface area contributed by atoms with Crippen molar-refractivity contribution in [3.05, 3.63) is 78.4 Å². The molecule has 4 aromatic rings. The summed E-state index contributed by atoms with van der Waals surface area (Å²) < 4.78 is 77.6. The molecule has 0 spiro atoms. The first-order chi connectivity index (χ1) is 18.1. The number of hydrogen-bond donors (Lipinski definition) is 3. The molecule has 0 aliphatic carbocycles. The lowest BCUT2D eigenvalue weighted by molar-refractivity contribution is -0.115. The van der Waals surface area contributed by atoms with Crippen molar-refractivity contribution < 1.29 is 36.2 Å². The highest BCUT2D eigenvalue weighted by Gasteiger charge is 2.46. The number of halogens is 3. The summed E-state index contributed by atoms with van der Waals surface area (Å²) in [6, 6.07) is 16.4. The third-order valence-electron chi connectivity index (χ3n) is 5.58. The topological polar surface area (TPSA) is 117 Å². The lowest BCUT2D eigenvalue weighted by Gasteiger charge is -2.27. The zero-order valence-corrected chi connectivity index (χ0v) is 21.0. The van der Waals surface area contributed by atoms with Gasteiger partial charge in [-0.15, -0.1) is 18.3 Å². The van der Waals surface area contributed by atoms with Crippen LogP contribution < -0.4 is 19.1 Å². The van der Waals surface area contributed by atoms with Crippen LogP contribution in [0.3, 0.4) is 0 Å². The number of aromatic nitrogens is 2. The zero-order valence-electron chi connectivity index (χ0n) is 20.1. The van der Waals surface area contributed by atoms with E-state index in [-0.39, 0.29) is 18.7 Å². The molecule has 4 rings (SSSR count). The monoisotopic (exact) mass is 550 g/mol. The van der Waals surface area contributed by atoms with Gasteiger partial charge in [0.05, 0.1) is 34.7 Å². The second-order valence-electron chi connectivity index (χ2n) is 8.15. The summed E-state index contributed by atoms with van der Waals surface area (Å²) in [6.45, 7) is 0.583. The van der Waals surface area contributed by atoms with Gasteiger partial charge in [-0.05, 0) is 42.0 Å². The largest absolute Gasteiger partial charge is 0.498 e. The van der Waals surface area contributed by atoms with Crippen molar-refractivity contribution in [3.63, 3.8) is 0 Å².